The van der Waals surface area contributed by atoms with Crippen LogP contribution in [0, 0.1) is 11.3 Å². The van der Waals surface area contributed by atoms with Crippen LogP contribution in [0.3, 0.4) is 0 Å². The molecular formula is C20H43N3. The maximum absolute atomic E-state index is 4.35. The molecule has 0 aliphatic heterocycles. The van der Waals surface area contributed by atoms with Crippen molar-refractivity contribution in [2.45, 2.75) is 88.2 Å². The minimum absolute atomic E-state index is 0.294. The summed E-state index contributed by atoms with van der Waals surface area (Å²) in [6, 6.07) is 1.11. The Bertz CT molecular complexity index is 322. The number of allylic oxidation sites excluding steroid dienone is 1. The van der Waals surface area contributed by atoms with Crippen LogP contribution in [-0.2, 0) is 0 Å². The summed E-state index contributed by atoms with van der Waals surface area (Å²) in [5.41, 5.74) is 0.294. The first-order valence-electron chi connectivity index (χ1n) is 9.20. The molecule has 0 aromatic heterocycles. The molecule has 0 bridgehead atoms. The lowest BCUT2D eigenvalue weighted by Crippen LogP contribution is -2.25. The average molecular weight is 326 g/mol. The Labute approximate surface area is 146 Å². The van der Waals surface area contributed by atoms with Gasteiger partial charge in [0, 0.05) is 31.4 Å². The molecule has 0 aromatic rings. The highest BCUT2D eigenvalue weighted by atomic mass is 15.5. The summed E-state index contributed by atoms with van der Waals surface area (Å²) in [6.45, 7) is 26.1. The van der Waals surface area contributed by atoms with Gasteiger partial charge in [0.25, 0.3) is 0 Å². The summed E-state index contributed by atoms with van der Waals surface area (Å²) in [5.74, 6) is 0.544. The van der Waals surface area contributed by atoms with Crippen molar-refractivity contribution in [3.05, 3.63) is 12.3 Å². The van der Waals surface area contributed by atoms with Gasteiger partial charge in [0.2, 0.25) is 0 Å². The van der Waals surface area contributed by atoms with Crippen LogP contribution in [0.5, 0.6) is 0 Å². The molecule has 23 heavy (non-hydrogen) atoms. The third-order valence-corrected chi connectivity index (χ3v) is 3.23. The van der Waals surface area contributed by atoms with Crippen LogP contribution in [0.4, 0.5) is 0 Å². The number of hydrogen-bond donors (Lipinski definition) is 0. The van der Waals surface area contributed by atoms with Crippen molar-refractivity contribution in [3.63, 3.8) is 0 Å². The summed E-state index contributed by atoms with van der Waals surface area (Å²) in [7, 11) is 0. The molecule has 0 atom stereocenters. The van der Waals surface area contributed by atoms with Crippen LogP contribution in [0.1, 0.15) is 76.2 Å². The zero-order valence-electron chi connectivity index (χ0n) is 17.7. The lowest BCUT2D eigenvalue weighted by molar-refractivity contribution is 0.246. The predicted molar refractivity (Wildman–Crippen MR) is 107 cm³/mol. The standard InChI is InChI=1S/C11H23N.C9H20N2/c1-7-12(10(2)3)9-8-11(4,5)6;1-6-11(9(4)5)10-7-8(2)3/h8-10H,7H2,1-6H3;7-9H,6H2,1-5H3/b9-8-;10-7-. The van der Waals surface area contributed by atoms with Crippen LogP contribution in [0.25, 0.3) is 0 Å². The van der Waals surface area contributed by atoms with Gasteiger partial charge in [0.1, 0.15) is 0 Å². The van der Waals surface area contributed by atoms with Crippen molar-refractivity contribution >= 4 is 6.21 Å². The highest BCUT2D eigenvalue weighted by Gasteiger charge is 2.06. The fourth-order valence-corrected chi connectivity index (χ4v) is 1.76. The average Bonchev–Trinajstić information content (AvgIpc) is 2.38. The van der Waals surface area contributed by atoms with E-state index in [2.05, 4.69) is 103 Å². The first-order valence-corrected chi connectivity index (χ1v) is 9.20. The molecule has 0 spiro atoms. The van der Waals surface area contributed by atoms with E-state index in [1.807, 2.05) is 6.21 Å². The van der Waals surface area contributed by atoms with Crippen molar-refractivity contribution < 1.29 is 0 Å². The Morgan fingerprint density at radius 1 is 0.870 bits per heavy atom. The molecular weight excluding hydrogens is 282 g/mol. The van der Waals surface area contributed by atoms with Crippen LogP contribution in [0.2, 0.25) is 0 Å². The SMILES string of the molecule is CCN(/C=C\C(C)(C)C)C(C)C.CCN(/N=C\C(C)C)C(C)C. The molecule has 138 valence electrons. The van der Waals surface area contributed by atoms with Crippen LogP contribution in [0.15, 0.2) is 17.4 Å². The van der Waals surface area contributed by atoms with E-state index < -0.39 is 0 Å². The molecule has 3 heteroatoms. The van der Waals surface area contributed by atoms with Gasteiger partial charge in [0.05, 0.1) is 0 Å². The van der Waals surface area contributed by atoms with Gasteiger partial charge in [-0.15, -0.1) is 0 Å². The summed E-state index contributed by atoms with van der Waals surface area (Å²) in [5, 5.41) is 6.43. The molecule has 0 unspecified atom stereocenters. The van der Waals surface area contributed by atoms with E-state index in [1.165, 1.54) is 0 Å². The van der Waals surface area contributed by atoms with E-state index in [0.29, 0.717) is 23.4 Å². The smallest absolute Gasteiger partial charge is 0.0414 e. The second-order valence-corrected chi connectivity index (χ2v) is 7.96. The number of nitrogens with zero attached hydrogens (tertiary/aromatic N) is 3. The molecule has 0 amide bonds. The maximum Gasteiger partial charge on any atom is 0.0414 e. The van der Waals surface area contributed by atoms with Gasteiger partial charge in [0.15, 0.2) is 0 Å². The van der Waals surface area contributed by atoms with Crippen molar-refractivity contribution in [1.82, 2.24) is 9.91 Å². The van der Waals surface area contributed by atoms with Gasteiger partial charge in [-0.1, -0.05) is 40.7 Å². The first-order chi connectivity index (χ1) is 10.4. The van der Waals surface area contributed by atoms with Gasteiger partial charge in [-0.25, -0.2) is 0 Å². The van der Waals surface area contributed by atoms with Gasteiger partial charge < -0.3 is 4.90 Å². The molecule has 0 aromatic carbocycles. The van der Waals surface area contributed by atoms with E-state index in [4.69, 9.17) is 0 Å². The number of hydrogen-bond acceptors (Lipinski definition) is 3. The lowest BCUT2D eigenvalue weighted by Gasteiger charge is -2.24. The topological polar surface area (TPSA) is 18.8 Å². The minimum atomic E-state index is 0.294. The fourth-order valence-electron chi connectivity index (χ4n) is 1.76. The van der Waals surface area contributed by atoms with E-state index in [-0.39, 0.29) is 0 Å². The summed E-state index contributed by atoms with van der Waals surface area (Å²) < 4.78 is 0. The van der Waals surface area contributed by atoms with Crippen molar-refractivity contribution in [1.29, 1.82) is 0 Å². The van der Waals surface area contributed by atoms with E-state index in [9.17, 15) is 0 Å². The first kappa shape index (κ1) is 24.3. The second kappa shape index (κ2) is 12.4. The van der Waals surface area contributed by atoms with Crippen molar-refractivity contribution in [3.8, 4) is 0 Å². The van der Waals surface area contributed by atoms with Crippen LogP contribution < -0.4 is 0 Å². The van der Waals surface area contributed by atoms with Crippen molar-refractivity contribution in [2.75, 3.05) is 13.1 Å². The second-order valence-electron chi connectivity index (χ2n) is 7.96. The number of hydrazone groups is 1. The molecule has 0 rings (SSSR count). The van der Waals surface area contributed by atoms with E-state index in [1.54, 1.807) is 0 Å². The Hall–Kier alpha value is -0.990. The third-order valence-electron chi connectivity index (χ3n) is 3.23. The molecule has 0 radical (unpaired) electrons. The van der Waals surface area contributed by atoms with Crippen LogP contribution in [-0.4, -0.2) is 41.3 Å². The molecule has 0 saturated carbocycles. The Kier molecular flexibility index (Phi) is 13.1. The summed E-state index contributed by atoms with van der Waals surface area (Å²) in [6.07, 6.45) is 6.46. The predicted octanol–water partition coefficient (Wildman–Crippen LogP) is 5.64. The fraction of sp³-hybridized carbons (Fsp3) is 0.850. The minimum Gasteiger partial charge on any atom is -0.376 e. The highest BCUT2D eigenvalue weighted by Crippen LogP contribution is 2.15. The Morgan fingerprint density at radius 3 is 1.65 bits per heavy atom. The molecule has 0 aliphatic rings. The number of rotatable bonds is 7. The largest absolute Gasteiger partial charge is 0.376 e. The highest BCUT2D eigenvalue weighted by molar-refractivity contribution is 5.59. The van der Waals surface area contributed by atoms with E-state index >= 15 is 0 Å². The van der Waals surface area contributed by atoms with Crippen molar-refractivity contribution in [2.24, 2.45) is 16.4 Å². The molecule has 0 fully saturated rings. The molecule has 0 aliphatic carbocycles. The molecule has 0 heterocycles. The Morgan fingerprint density at radius 2 is 1.39 bits per heavy atom. The quantitative estimate of drug-likeness (QED) is 0.446. The zero-order chi connectivity index (χ0) is 18.6. The van der Waals surface area contributed by atoms with Crippen LogP contribution >= 0.6 is 0 Å². The molecule has 0 N–H and O–H groups in total. The van der Waals surface area contributed by atoms with Gasteiger partial charge in [-0.2, -0.15) is 5.10 Å². The normalized spacial score (nSPS) is 12.4. The third kappa shape index (κ3) is 15.7. The summed E-state index contributed by atoms with van der Waals surface area (Å²) in [4.78, 5) is 2.34. The Balaban J connectivity index is 0. The lowest BCUT2D eigenvalue weighted by atomic mass is 9.97. The van der Waals surface area contributed by atoms with E-state index in [0.717, 1.165) is 13.1 Å². The zero-order valence-corrected chi connectivity index (χ0v) is 17.7. The molecule has 3 nitrogen and oxygen atoms in total. The molecule has 0 saturated heterocycles. The maximum atomic E-state index is 4.35. The van der Waals surface area contributed by atoms with Gasteiger partial charge >= 0.3 is 0 Å². The van der Waals surface area contributed by atoms with Gasteiger partial charge in [-0.3, -0.25) is 5.01 Å². The monoisotopic (exact) mass is 325 g/mol. The summed E-state index contributed by atoms with van der Waals surface area (Å²) >= 11 is 0. The van der Waals surface area contributed by atoms with Gasteiger partial charge in [-0.05, 0) is 59.1 Å².